The lowest BCUT2D eigenvalue weighted by molar-refractivity contribution is 0.0895. The van der Waals surface area contributed by atoms with E-state index in [1.54, 1.807) is 0 Å². The number of urea groups is 1. The first-order chi connectivity index (χ1) is 14.3. The van der Waals surface area contributed by atoms with Gasteiger partial charge in [-0.15, -0.1) is 0 Å². The molecule has 0 radical (unpaired) electrons. The SMILES string of the molecule is O=C(NCC1COc2ccccc2O1)N1CCC(c2nc3ccccc3[nH]2)CC1. The molecule has 0 bridgehead atoms. The van der Waals surface area contributed by atoms with Gasteiger partial charge in [0.15, 0.2) is 17.6 Å². The fourth-order valence-electron chi connectivity index (χ4n) is 4.00. The van der Waals surface area contributed by atoms with Gasteiger partial charge >= 0.3 is 6.03 Å². The minimum atomic E-state index is -0.179. The second kappa shape index (κ2) is 7.66. The number of carbonyl (C=O) groups is 1. The van der Waals surface area contributed by atoms with Gasteiger partial charge in [0.05, 0.1) is 17.6 Å². The molecule has 0 spiro atoms. The number of hydrogen-bond donors (Lipinski definition) is 2. The summed E-state index contributed by atoms with van der Waals surface area (Å²) in [6, 6.07) is 15.6. The van der Waals surface area contributed by atoms with Crippen LogP contribution in [0.5, 0.6) is 11.5 Å². The zero-order valence-corrected chi connectivity index (χ0v) is 16.1. The molecule has 1 unspecified atom stereocenters. The van der Waals surface area contributed by atoms with Crippen molar-refractivity contribution in [1.82, 2.24) is 20.2 Å². The van der Waals surface area contributed by atoms with Crippen molar-refractivity contribution in [2.45, 2.75) is 24.9 Å². The Bertz CT molecular complexity index is 977. The molecular formula is C22H24N4O3. The number of hydrogen-bond acceptors (Lipinski definition) is 4. The highest BCUT2D eigenvalue weighted by molar-refractivity contribution is 5.75. The van der Waals surface area contributed by atoms with E-state index in [1.165, 1.54) is 0 Å². The number of fused-ring (bicyclic) bond motifs is 2. The number of para-hydroxylation sites is 4. The number of amides is 2. The number of piperidine rings is 1. The fourth-order valence-corrected chi connectivity index (χ4v) is 4.00. The minimum absolute atomic E-state index is 0.0458. The van der Waals surface area contributed by atoms with Crippen molar-refractivity contribution < 1.29 is 14.3 Å². The van der Waals surface area contributed by atoms with Crippen LogP contribution in [-0.2, 0) is 0 Å². The molecule has 150 valence electrons. The van der Waals surface area contributed by atoms with Crippen molar-refractivity contribution >= 4 is 17.1 Å². The molecule has 2 N–H and O–H groups in total. The van der Waals surface area contributed by atoms with Gasteiger partial charge in [-0.3, -0.25) is 0 Å². The van der Waals surface area contributed by atoms with Gasteiger partial charge in [0.25, 0.3) is 0 Å². The Morgan fingerprint density at radius 2 is 1.86 bits per heavy atom. The fraction of sp³-hybridized carbons (Fsp3) is 0.364. The van der Waals surface area contributed by atoms with E-state index >= 15 is 0 Å². The maximum atomic E-state index is 12.6. The van der Waals surface area contributed by atoms with Gasteiger partial charge in [0.2, 0.25) is 0 Å². The summed E-state index contributed by atoms with van der Waals surface area (Å²) in [7, 11) is 0. The molecule has 0 aliphatic carbocycles. The predicted octanol–water partition coefficient (Wildman–Crippen LogP) is 3.29. The molecule has 2 aromatic carbocycles. The first-order valence-electron chi connectivity index (χ1n) is 10.1. The van der Waals surface area contributed by atoms with Gasteiger partial charge in [-0.1, -0.05) is 24.3 Å². The van der Waals surface area contributed by atoms with Crippen molar-refractivity contribution in [3.8, 4) is 11.5 Å². The van der Waals surface area contributed by atoms with E-state index in [9.17, 15) is 4.79 Å². The average Bonchev–Trinajstić information content (AvgIpc) is 3.22. The summed E-state index contributed by atoms with van der Waals surface area (Å²) >= 11 is 0. The van der Waals surface area contributed by atoms with Crippen LogP contribution >= 0.6 is 0 Å². The Morgan fingerprint density at radius 1 is 1.10 bits per heavy atom. The van der Waals surface area contributed by atoms with Crippen LogP contribution in [0.25, 0.3) is 11.0 Å². The van der Waals surface area contributed by atoms with Crippen molar-refractivity contribution in [3.05, 3.63) is 54.4 Å². The van der Waals surface area contributed by atoms with Gasteiger partial charge in [-0.2, -0.15) is 0 Å². The van der Waals surface area contributed by atoms with Crippen LogP contribution in [0.3, 0.4) is 0 Å². The largest absolute Gasteiger partial charge is 0.486 e. The number of carbonyl (C=O) groups excluding carboxylic acids is 1. The van der Waals surface area contributed by atoms with Crippen LogP contribution in [-0.4, -0.2) is 53.2 Å². The number of imidazole rings is 1. The van der Waals surface area contributed by atoms with E-state index < -0.39 is 0 Å². The highest BCUT2D eigenvalue weighted by Gasteiger charge is 2.27. The maximum Gasteiger partial charge on any atom is 0.317 e. The molecule has 7 nitrogen and oxygen atoms in total. The molecule has 3 heterocycles. The zero-order chi connectivity index (χ0) is 19.6. The third kappa shape index (κ3) is 3.72. The molecule has 1 aromatic heterocycles. The molecule has 2 aliphatic rings. The van der Waals surface area contributed by atoms with Crippen molar-refractivity contribution in [1.29, 1.82) is 0 Å². The number of aromatic amines is 1. The number of likely N-dealkylation sites (tertiary alicyclic amines) is 1. The second-order valence-corrected chi connectivity index (χ2v) is 7.58. The summed E-state index contributed by atoms with van der Waals surface area (Å²) in [5.74, 6) is 2.86. The van der Waals surface area contributed by atoms with Crippen molar-refractivity contribution in [3.63, 3.8) is 0 Å². The number of benzene rings is 2. The topological polar surface area (TPSA) is 79.5 Å². The average molecular weight is 392 g/mol. The Morgan fingerprint density at radius 3 is 2.69 bits per heavy atom. The summed E-state index contributed by atoms with van der Waals surface area (Å²) in [6.07, 6.45) is 1.63. The quantitative estimate of drug-likeness (QED) is 0.717. The van der Waals surface area contributed by atoms with E-state index in [-0.39, 0.29) is 12.1 Å². The van der Waals surface area contributed by atoms with E-state index in [0.717, 1.165) is 54.3 Å². The molecule has 1 fully saturated rings. The Hall–Kier alpha value is -3.22. The third-order valence-corrected chi connectivity index (χ3v) is 5.63. The molecule has 2 aliphatic heterocycles. The van der Waals surface area contributed by atoms with Crippen LogP contribution in [0.15, 0.2) is 48.5 Å². The summed E-state index contributed by atoms with van der Waals surface area (Å²) in [6.45, 7) is 2.30. The monoisotopic (exact) mass is 392 g/mol. The first-order valence-corrected chi connectivity index (χ1v) is 10.1. The smallest absolute Gasteiger partial charge is 0.317 e. The second-order valence-electron chi connectivity index (χ2n) is 7.58. The third-order valence-electron chi connectivity index (χ3n) is 5.63. The number of ether oxygens (including phenoxy) is 2. The van der Waals surface area contributed by atoms with Crippen LogP contribution in [0, 0.1) is 0 Å². The van der Waals surface area contributed by atoms with Gasteiger partial charge in [-0.05, 0) is 37.1 Å². The van der Waals surface area contributed by atoms with Crippen LogP contribution in [0.1, 0.15) is 24.6 Å². The van der Waals surface area contributed by atoms with Crippen molar-refractivity contribution in [2.24, 2.45) is 0 Å². The zero-order valence-electron chi connectivity index (χ0n) is 16.1. The van der Waals surface area contributed by atoms with Crippen LogP contribution < -0.4 is 14.8 Å². The van der Waals surface area contributed by atoms with E-state index in [0.29, 0.717) is 19.1 Å². The van der Waals surface area contributed by atoms with Crippen LogP contribution in [0.4, 0.5) is 4.79 Å². The van der Waals surface area contributed by atoms with E-state index in [2.05, 4.69) is 10.3 Å². The molecule has 1 atom stereocenters. The lowest BCUT2D eigenvalue weighted by atomic mass is 9.96. The number of rotatable bonds is 3. The molecule has 3 aromatic rings. The number of aromatic nitrogens is 2. The predicted molar refractivity (Wildman–Crippen MR) is 109 cm³/mol. The summed E-state index contributed by atoms with van der Waals surface area (Å²) in [5, 5.41) is 2.99. The van der Waals surface area contributed by atoms with Crippen LogP contribution in [0.2, 0.25) is 0 Å². The normalized spacial score (nSPS) is 19.3. The summed E-state index contributed by atoms with van der Waals surface area (Å²) in [5.41, 5.74) is 2.07. The number of nitrogens with one attached hydrogen (secondary N) is 2. The summed E-state index contributed by atoms with van der Waals surface area (Å²) < 4.78 is 11.6. The Kier molecular flexibility index (Phi) is 4.71. The number of nitrogens with zero attached hydrogens (tertiary/aromatic N) is 2. The molecular weight excluding hydrogens is 368 g/mol. The maximum absolute atomic E-state index is 12.6. The van der Waals surface area contributed by atoms with Gasteiger partial charge in [-0.25, -0.2) is 9.78 Å². The standard InChI is InChI=1S/C22H24N4O3/c27-22(23-13-16-14-28-19-7-3-4-8-20(19)29-16)26-11-9-15(10-12-26)21-24-17-5-1-2-6-18(17)25-21/h1-8,15-16H,9-14H2,(H,23,27)(H,24,25). The highest BCUT2D eigenvalue weighted by atomic mass is 16.6. The molecule has 0 saturated carbocycles. The number of H-pyrrole nitrogens is 1. The van der Waals surface area contributed by atoms with Crippen molar-refractivity contribution in [2.75, 3.05) is 26.2 Å². The highest BCUT2D eigenvalue weighted by Crippen LogP contribution is 2.31. The van der Waals surface area contributed by atoms with E-state index in [4.69, 9.17) is 14.5 Å². The molecule has 5 rings (SSSR count). The Labute approximate surface area is 169 Å². The molecule has 1 saturated heterocycles. The van der Waals surface area contributed by atoms with E-state index in [1.807, 2.05) is 53.4 Å². The van der Waals surface area contributed by atoms with Gasteiger partial charge < -0.3 is 24.7 Å². The Balaban J connectivity index is 1.12. The molecule has 7 heteroatoms. The van der Waals surface area contributed by atoms with Gasteiger partial charge in [0, 0.05) is 19.0 Å². The lowest BCUT2D eigenvalue weighted by Gasteiger charge is -2.32. The molecule has 2 amide bonds. The summed E-state index contributed by atoms with van der Waals surface area (Å²) in [4.78, 5) is 22.6. The first kappa shape index (κ1) is 17.8. The lowest BCUT2D eigenvalue weighted by Crippen LogP contribution is -2.48. The van der Waals surface area contributed by atoms with Gasteiger partial charge in [0.1, 0.15) is 12.4 Å². The molecule has 29 heavy (non-hydrogen) atoms. The minimum Gasteiger partial charge on any atom is -0.486 e.